The maximum Gasteiger partial charge on any atom is 0.434 e. The Labute approximate surface area is 164 Å². The minimum absolute atomic E-state index is 0.125. The molecule has 1 aliphatic rings. The zero-order valence-corrected chi connectivity index (χ0v) is 15.8. The Morgan fingerprint density at radius 3 is 2.59 bits per heavy atom. The molecule has 1 saturated carbocycles. The summed E-state index contributed by atoms with van der Waals surface area (Å²) in [5, 5.41) is 7.66. The third-order valence-corrected chi connectivity index (χ3v) is 5.49. The van der Waals surface area contributed by atoms with Crippen molar-refractivity contribution in [2.45, 2.75) is 50.9 Å². The molecule has 3 aromatic rings. The predicted molar refractivity (Wildman–Crippen MR) is 101 cm³/mol. The molecule has 0 aromatic carbocycles. The van der Waals surface area contributed by atoms with E-state index in [1.165, 1.54) is 10.6 Å². The maximum absolute atomic E-state index is 13.0. The van der Waals surface area contributed by atoms with Gasteiger partial charge in [0.2, 0.25) is 0 Å². The lowest BCUT2D eigenvalue weighted by Crippen LogP contribution is -2.29. The lowest BCUT2D eigenvalue weighted by Gasteiger charge is -2.30. The van der Waals surface area contributed by atoms with Gasteiger partial charge in [-0.25, -0.2) is 4.98 Å². The summed E-state index contributed by atoms with van der Waals surface area (Å²) in [4.78, 5) is 15.1. The van der Waals surface area contributed by atoms with Crippen LogP contribution in [0, 0.1) is 6.92 Å². The molecule has 0 radical (unpaired) electrons. The summed E-state index contributed by atoms with van der Waals surface area (Å²) >= 11 is 0. The number of pyridine rings is 1. The molecule has 1 aliphatic carbocycles. The standard InChI is InChI=1S/C19H21F3N6O/c1-11-14(18(23)29)9-24-28(11)13-7-5-12(6-8-13)25-16-3-2-4-17-26-15(10-27(16)17)19(20,21)22/h2-4,9-10,12-13,25H,5-8H2,1H3,(H2,23,29). The second-order valence-corrected chi connectivity index (χ2v) is 7.37. The Morgan fingerprint density at radius 2 is 1.97 bits per heavy atom. The van der Waals surface area contributed by atoms with Gasteiger partial charge in [-0.05, 0) is 44.7 Å². The van der Waals surface area contributed by atoms with Gasteiger partial charge in [0.25, 0.3) is 5.91 Å². The lowest BCUT2D eigenvalue weighted by atomic mass is 9.91. The number of hydrogen-bond acceptors (Lipinski definition) is 4. The van der Waals surface area contributed by atoms with Crippen molar-refractivity contribution < 1.29 is 18.0 Å². The fraction of sp³-hybridized carbons (Fsp3) is 0.421. The van der Waals surface area contributed by atoms with Crippen LogP contribution < -0.4 is 11.1 Å². The molecule has 3 heterocycles. The average Bonchev–Trinajstić information content (AvgIpc) is 3.27. The third kappa shape index (κ3) is 3.66. The van der Waals surface area contributed by atoms with Crippen molar-refractivity contribution in [1.82, 2.24) is 19.2 Å². The van der Waals surface area contributed by atoms with Crippen LogP contribution in [0.4, 0.5) is 19.0 Å². The van der Waals surface area contributed by atoms with Crippen LogP contribution in [-0.4, -0.2) is 31.1 Å². The van der Waals surface area contributed by atoms with E-state index in [4.69, 9.17) is 5.73 Å². The number of nitrogens with one attached hydrogen (secondary N) is 1. The van der Waals surface area contributed by atoms with Gasteiger partial charge in [-0.3, -0.25) is 13.9 Å². The predicted octanol–water partition coefficient (Wildman–Crippen LogP) is 3.55. The number of carbonyl (C=O) groups is 1. The van der Waals surface area contributed by atoms with E-state index in [9.17, 15) is 18.0 Å². The Kier molecular flexibility index (Phi) is 4.71. The van der Waals surface area contributed by atoms with Gasteiger partial charge in [0.05, 0.1) is 17.8 Å². The molecule has 4 rings (SSSR count). The Balaban J connectivity index is 1.46. The van der Waals surface area contributed by atoms with E-state index in [-0.39, 0.29) is 17.7 Å². The normalized spacial score (nSPS) is 20.1. The van der Waals surface area contributed by atoms with Gasteiger partial charge in [0.15, 0.2) is 5.69 Å². The molecule has 29 heavy (non-hydrogen) atoms. The summed E-state index contributed by atoms with van der Waals surface area (Å²) in [5.74, 6) is 0.0935. The van der Waals surface area contributed by atoms with E-state index in [2.05, 4.69) is 15.4 Å². The SMILES string of the molecule is Cc1c(C(N)=O)cnn1C1CCC(Nc2cccc3nc(C(F)(F)F)cn23)CC1. The molecule has 3 N–H and O–H groups in total. The number of nitrogens with zero attached hydrogens (tertiary/aromatic N) is 4. The largest absolute Gasteiger partial charge is 0.434 e. The van der Waals surface area contributed by atoms with Gasteiger partial charge in [0.1, 0.15) is 11.5 Å². The average molecular weight is 406 g/mol. The zero-order valence-electron chi connectivity index (χ0n) is 15.8. The van der Waals surface area contributed by atoms with E-state index >= 15 is 0 Å². The second kappa shape index (κ2) is 7.09. The van der Waals surface area contributed by atoms with Crippen molar-refractivity contribution in [3.63, 3.8) is 0 Å². The van der Waals surface area contributed by atoms with E-state index in [1.807, 2.05) is 11.6 Å². The van der Waals surface area contributed by atoms with E-state index in [0.29, 0.717) is 11.4 Å². The molecule has 0 atom stereocenters. The van der Waals surface area contributed by atoms with Crippen LogP contribution in [0.25, 0.3) is 5.65 Å². The molecule has 154 valence electrons. The first kappa shape index (κ1) is 19.3. The third-order valence-electron chi connectivity index (χ3n) is 5.49. The molecule has 3 aromatic heterocycles. The minimum atomic E-state index is -4.48. The first-order valence-electron chi connectivity index (χ1n) is 9.40. The van der Waals surface area contributed by atoms with Crippen LogP contribution in [0.3, 0.4) is 0 Å². The number of halogens is 3. The molecular weight excluding hydrogens is 385 g/mol. The van der Waals surface area contributed by atoms with E-state index in [0.717, 1.165) is 37.6 Å². The summed E-state index contributed by atoms with van der Waals surface area (Å²) in [6.45, 7) is 1.83. The fourth-order valence-corrected chi connectivity index (χ4v) is 3.97. The molecule has 0 spiro atoms. The summed E-state index contributed by atoms with van der Waals surface area (Å²) in [5.41, 5.74) is 5.89. The number of carbonyl (C=O) groups excluding carboxylic acids is 1. The van der Waals surface area contributed by atoms with Crippen molar-refractivity contribution in [3.05, 3.63) is 47.5 Å². The molecular formula is C19H21F3N6O. The van der Waals surface area contributed by atoms with Crippen LogP contribution >= 0.6 is 0 Å². The minimum Gasteiger partial charge on any atom is -0.368 e. The Morgan fingerprint density at radius 1 is 1.24 bits per heavy atom. The first-order chi connectivity index (χ1) is 13.7. The topological polar surface area (TPSA) is 90.2 Å². The van der Waals surface area contributed by atoms with Gasteiger partial charge in [-0.15, -0.1) is 0 Å². The molecule has 0 unspecified atom stereocenters. The first-order valence-corrected chi connectivity index (χ1v) is 9.40. The highest BCUT2D eigenvalue weighted by Gasteiger charge is 2.34. The quantitative estimate of drug-likeness (QED) is 0.693. The smallest absolute Gasteiger partial charge is 0.368 e. The molecule has 0 aliphatic heterocycles. The van der Waals surface area contributed by atoms with Crippen LogP contribution in [0.5, 0.6) is 0 Å². The number of fused-ring (bicyclic) bond motifs is 1. The maximum atomic E-state index is 13.0. The monoisotopic (exact) mass is 406 g/mol. The zero-order chi connectivity index (χ0) is 20.8. The van der Waals surface area contributed by atoms with Crippen LogP contribution in [0.15, 0.2) is 30.6 Å². The van der Waals surface area contributed by atoms with Gasteiger partial charge < -0.3 is 11.1 Å². The van der Waals surface area contributed by atoms with Crippen LogP contribution in [-0.2, 0) is 6.18 Å². The van der Waals surface area contributed by atoms with E-state index < -0.39 is 17.8 Å². The highest BCUT2D eigenvalue weighted by Crippen LogP contribution is 2.32. The number of imidazole rings is 1. The van der Waals surface area contributed by atoms with Gasteiger partial charge >= 0.3 is 6.18 Å². The summed E-state index contributed by atoms with van der Waals surface area (Å²) in [7, 11) is 0. The molecule has 7 nitrogen and oxygen atoms in total. The van der Waals surface area contributed by atoms with Crippen molar-refractivity contribution in [2.24, 2.45) is 5.73 Å². The van der Waals surface area contributed by atoms with Crippen molar-refractivity contribution >= 4 is 17.4 Å². The highest BCUT2D eigenvalue weighted by molar-refractivity contribution is 5.93. The van der Waals surface area contributed by atoms with Crippen molar-refractivity contribution in [1.29, 1.82) is 0 Å². The molecule has 1 fully saturated rings. The van der Waals surface area contributed by atoms with Crippen molar-refractivity contribution in [3.8, 4) is 0 Å². The van der Waals surface area contributed by atoms with Crippen LogP contribution in [0.1, 0.15) is 53.5 Å². The number of amides is 1. The molecule has 0 bridgehead atoms. The van der Waals surface area contributed by atoms with Crippen molar-refractivity contribution in [2.75, 3.05) is 5.32 Å². The molecule has 1 amide bonds. The number of anilines is 1. The number of nitrogens with two attached hydrogens (primary N) is 1. The fourth-order valence-electron chi connectivity index (χ4n) is 3.97. The highest BCUT2D eigenvalue weighted by atomic mass is 19.4. The van der Waals surface area contributed by atoms with E-state index in [1.54, 1.807) is 18.2 Å². The van der Waals surface area contributed by atoms with Gasteiger partial charge in [0, 0.05) is 17.9 Å². The number of hydrogen-bond donors (Lipinski definition) is 2. The molecule has 0 saturated heterocycles. The molecule has 10 heteroatoms. The van der Waals surface area contributed by atoms with Gasteiger partial charge in [-0.1, -0.05) is 6.07 Å². The number of alkyl halides is 3. The Bertz CT molecular complexity index is 1050. The number of aromatic nitrogens is 4. The summed E-state index contributed by atoms with van der Waals surface area (Å²) in [6.07, 6.45) is 1.37. The summed E-state index contributed by atoms with van der Waals surface area (Å²) in [6, 6.07) is 5.28. The van der Waals surface area contributed by atoms with Crippen LogP contribution in [0.2, 0.25) is 0 Å². The van der Waals surface area contributed by atoms with Gasteiger partial charge in [-0.2, -0.15) is 18.3 Å². The lowest BCUT2D eigenvalue weighted by molar-refractivity contribution is -0.140. The number of primary amides is 1. The summed E-state index contributed by atoms with van der Waals surface area (Å²) < 4.78 is 42.2. The Hall–Kier alpha value is -3.04. The number of rotatable bonds is 4. The second-order valence-electron chi connectivity index (χ2n) is 7.37.